The molecule has 2 fully saturated rings. The van der Waals surface area contributed by atoms with E-state index < -0.39 is 0 Å². The quantitative estimate of drug-likeness (QED) is 0.920. The monoisotopic (exact) mass is 338 g/mol. The third kappa shape index (κ3) is 2.87. The number of benzene rings is 1. The van der Waals surface area contributed by atoms with E-state index in [4.69, 9.17) is 10.5 Å². The first-order valence-electron chi connectivity index (χ1n) is 7.66. The minimum absolute atomic E-state index is 0.431. The second kappa shape index (κ2) is 6.46. The van der Waals surface area contributed by atoms with Crippen LogP contribution in [0.25, 0.3) is 0 Å². The van der Waals surface area contributed by atoms with Crippen LogP contribution in [0.3, 0.4) is 0 Å². The van der Waals surface area contributed by atoms with E-state index >= 15 is 0 Å². The first kappa shape index (κ1) is 14.4. The molecule has 0 spiro atoms. The molecule has 1 heterocycles. The van der Waals surface area contributed by atoms with E-state index in [9.17, 15) is 0 Å². The summed E-state index contributed by atoms with van der Waals surface area (Å²) in [5, 5.41) is 0. The first-order chi connectivity index (χ1) is 9.79. The number of morpholine rings is 1. The molecule has 4 heteroatoms. The summed E-state index contributed by atoms with van der Waals surface area (Å²) in [5.41, 5.74) is 8.26. The SMILES string of the molecule is NCCc1ccc(N2CCOC3CCCCC32)cc1Br. The van der Waals surface area contributed by atoms with Gasteiger partial charge in [-0.2, -0.15) is 0 Å². The highest BCUT2D eigenvalue weighted by Crippen LogP contribution is 2.33. The largest absolute Gasteiger partial charge is 0.374 e. The van der Waals surface area contributed by atoms with Gasteiger partial charge >= 0.3 is 0 Å². The van der Waals surface area contributed by atoms with Crippen molar-refractivity contribution in [1.82, 2.24) is 0 Å². The first-order valence-corrected chi connectivity index (χ1v) is 8.45. The summed E-state index contributed by atoms with van der Waals surface area (Å²) in [6.07, 6.45) is 6.47. The molecule has 2 N–H and O–H groups in total. The van der Waals surface area contributed by atoms with Crippen molar-refractivity contribution in [2.75, 3.05) is 24.6 Å². The van der Waals surface area contributed by atoms with Crippen molar-refractivity contribution in [3.8, 4) is 0 Å². The van der Waals surface area contributed by atoms with Crippen LogP contribution in [0.2, 0.25) is 0 Å². The molecular weight excluding hydrogens is 316 g/mol. The lowest BCUT2D eigenvalue weighted by Crippen LogP contribution is -2.52. The number of nitrogens with two attached hydrogens (primary N) is 1. The molecule has 1 aromatic carbocycles. The fraction of sp³-hybridized carbons (Fsp3) is 0.625. The number of fused-ring (bicyclic) bond motifs is 1. The molecule has 2 atom stereocenters. The van der Waals surface area contributed by atoms with Gasteiger partial charge in [0.25, 0.3) is 0 Å². The van der Waals surface area contributed by atoms with E-state index in [0.717, 1.165) is 19.6 Å². The van der Waals surface area contributed by atoms with Crippen LogP contribution in [0.4, 0.5) is 5.69 Å². The Morgan fingerprint density at radius 3 is 2.95 bits per heavy atom. The molecule has 1 aliphatic carbocycles. The van der Waals surface area contributed by atoms with Gasteiger partial charge in [-0.3, -0.25) is 0 Å². The predicted molar refractivity (Wildman–Crippen MR) is 86.2 cm³/mol. The maximum Gasteiger partial charge on any atom is 0.0779 e. The summed E-state index contributed by atoms with van der Waals surface area (Å²) in [4.78, 5) is 2.55. The van der Waals surface area contributed by atoms with Gasteiger partial charge in [-0.05, 0) is 43.5 Å². The Bertz CT molecular complexity index is 464. The Hall–Kier alpha value is -0.580. The number of anilines is 1. The highest BCUT2D eigenvalue weighted by molar-refractivity contribution is 9.10. The topological polar surface area (TPSA) is 38.5 Å². The molecule has 1 aliphatic heterocycles. The van der Waals surface area contributed by atoms with Crippen molar-refractivity contribution in [3.05, 3.63) is 28.2 Å². The van der Waals surface area contributed by atoms with Crippen LogP contribution >= 0.6 is 15.9 Å². The minimum Gasteiger partial charge on any atom is -0.374 e. The van der Waals surface area contributed by atoms with Gasteiger partial charge in [0, 0.05) is 16.7 Å². The second-order valence-corrected chi connectivity index (χ2v) is 6.62. The average Bonchev–Trinajstić information content (AvgIpc) is 2.49. The molecule has 20 heavy (non-hydrogen) atoms. The molecule has 1 saturated heterocycles. The van der Waals surface area contributed by atoms with Gasteiger partial charge < -0.3 is 15.4 Å². The van der Waals surface area contributed by atoms with Gasteiger partial charge in [0.15, 0.2) is 0 Å². The molecular formula is C16H23BrN2O. The van der Waals surface area contributed by atoms with E-state index in [1.165, 1.54) is 41.4 Å². The molecule has 2 aliphatic rings. The van der Waals surface area contributed by atoms with E-state index in [0.29, 0.717) is 18.7 Å². The molecule has 110 valence electrons. The Kier molecular flexibility index (Phi) is 4.64. The van der Waals surface area contributed by atoms with Crippen molar-refractivity contribution in [1.29, 1.82) is 0 Å². The third-order valence-electron chi connectivity index (χ3n) is 4.51. The van der Waals surface area contributed by atoms with Crippen LogP contribution in [0.15, 0.2) is 22.7 Å². The number of nitrogens with zero attached hydrogens (tertiary/aromatic N) is 1. The predicted octanol–water partition coefficient (Wildman–Crippen LogP) is 3.10. The van der Waals surface area contributed by atoms with Gasteiger partial charge in [-0.25, -0.2) is 0 Å². The third-order valence-corrected chi connectivity index (χ3v) is 5.25. The smallest absolute Gasteiger partial charge is 0.0779 e. The van der Waals surface area contributed by atoms with Crippen molar-refractivity contribution in [2.45, 2.75) is 44.2 Å². The summed E-state index contributed by atoms with van der Waals surface area (Å²) >= 11 is 3.69. The zero-order chi connectivity index (χ0) is 13.9. The normalized spacial score (nSPS) is 26.4. The fourth-order valence-electron chi connectivity index (χ4n) is 3.49. The number of ether oxygens (including phenoxy) is 1. The van der Waals surface area contributed by atoms with Crippen molar-refractivity contribution in [3.63, 3.8) is 0 Å². The summed E-state index contributed by atoms with van der Waals surface area (Å²) < 4.78 is 7.14. The number of halogens is 1. The summed E-state index contributed by atoms with van der Waals surface area (Å²) in [6, 6.07) is 7.26. The Morgan fingerprint density at radius 2 is 2.15 bits per heavy atom. The van der Waals surface area contributed by atoms with E-state index in [-0.39, 0.29) is 0 Å². The number of hydrogen-bond acceptors (Lipinski definition) is 3. The molecule has 0 bridgehead atoms. The van der Waals surface area contributed by atoms with Crippen LogP contribution in [0.1, 0.15) is 31.2 Å². The fourth-order valence-corrected chi connectivity index (χ4v) is 4.06. The number of hydrogen-bond donors (Lipinski definition) is 1. The molecule has 1 aromatic rings. The highest BCUT2D eigenvalue weighted by atomic mass is 79.9. The van der Waals surface area contributed by atoms with E-state index in [2.05, 4.69) is 39.0 Å². The Balaban J connectivity index is 1.82. The maximum absolute atomic E-state index is 5.96. The molecule has 2 unspecified atom stereocenters. The Morgan fingerprint density at radius 1 is 1.30 bits per heavy atom. The van der Waals surface area contributed by atoms with Crippen molar-refractivity contribution < 1.29 is 4.74 Å². The van der Waals surface area contributed by atoms with Gasteiger partial charge in [0.1, 0.15) is 0 Å². The van der Waals surface area contributed by atoms with Gasteiger partial charge in [0.2, 0.25) is 0 Å². The van der Waals surface area contributed by atoms with Crippen LogP contribution in [0, 0.1) is 0 Å². The molecule has 0 radical (unpaired) electrons. The molecule has 1 saturated carbocycles. The standard InChI is InChI=1S/C16H23BrN2O/c17-14-11-13(6-5-12(14)7-8-18)19-9-10-20-16-4-2-1-3-15(16)19/h5-6,11,15-16H,1-4,7-10,18H2. The lowest BCUT2D eigenvalue weighted by molar-refractivity contribution is -0.00868. The lowest BCUT2D eigenvalue weighted by Gasteiger charge is -2.45. The van der Waals surface area contributed by atoms with Crippen LogP contribution in [-0.4, -0.2) is 31.8 Å². The molecule has 3 rings (SSSR count). The maximum atomic E-state index is 5.96. The van der Waals surface area contributed by atoms with Gasteiger partial charge in [-0.15, -0.1) is 0 Å². The summed E-state index contributed by atoms with van der Waals surface area (Å²) in [5.74, 6) is 0. The minimum atomic E-state index is 0.431. The van der Waals surface area contributed by atoms with Crippen molar-refractivity contribution >= 4 is 21.6 Å². The van der Waals surface area contributed by atoms with E-state index in [1.807, 2.05) is 0 Å². The Labute approximate surface area is 129 Å². The van der Waals surface area contributed by atoms with Crippen molar-refractivity contribution in [2.24, 2.45) is 5.73 Å². The highest BCUT2D eigenvalue weighted by Gasteiger charge is 2.34. The molecule has 0 aromatic heterocycles. The lowest BCUT2D eigenvalue weighted by atomic mass is 9.89. The van der Waals surface area contributed by atoms with Gasteiger partial charge in [-0.1, -0.05) is 34.8 Å². The van der Waals surface area contributed by atoms with Crippen LogP contribution < -0.4 is 10.6 Å². The second-order valence-electron chi connectivity index (χ2n) is 5.77. The van der Waals surface area contributed by atoms with E-state index in [1.54, 1.807) is 0 Å². The summed E-state index contributed by atoms with van der Waals surface area (Å²) in [6.45, 7) is 2.55. The molecule has 3 nitrogen and oxygen atoms in total. The molecule has 0 amide bonds. The number of rotatable bonds is 3. The zero-order valence-electron chi connectivity index (χ0n) is 11.9. The summed E-state index contributed by atoms with van der Waals surface area (Å²) in [7, 11) is 0. The zero-order valence-corrected chi connectivity index (χ0v) is 13.4. The van der Waals surface area contributed by atoms with Crippen LogP contribution in [0.5, 0.6) is 0 Å². The van der Waals surface area contributed by atoms with Crippen LogP contribution in [-0.2, 0) is 11.2 Å². The van der Waals surface area contributed by atoms with Gasteiger partial charge in [0.05, 0.1) is 18.8 Å². The average molecular weight is 339 g/mol.